The number of nitrogens with zero attached hydrogens (tertiary/aromatic N) is 4. The van der Waals surface area contributed by atoms with E-state index in [0.717, 1.165) is 16.8 Å². The van der Waals surface area contributed by atoms with Crippen molar-refractivity contribution >= 4 is 11.8 Å². The Labute approximate surface area is 152 Å². The van der Waals surface area contributed by atoms with Crippen LogP contribution in [0.4, 0.5) is 0 Å². The van der Waals surface area contributed by atoms with Crippen molar-refractivity contribution in [2.24, 2.45) is 0 Å². The molecular formula is C18H23N5O3. The number of hydrogen-bond acceptors (Lipinski definition) is 5. The molecule has 0 spiro atoms. The second-order valence-electron chi connectivity index (χ2n) is 6.46. The molecule has 2 aromatic rings. The molecule has 0 saturated carbocycles. The lowest BCUT2D eigenvalue weighted by molar-refractivity contribution is -0.134. The fourth-order valence-electron chi connectivity index (χ4n) is 3.02. The maximum Gasteiger partial charge on any atom is 0.274 e. The first-order chi connectivity index (χ1) is 12.5. The Morgan fingerprint density at radius 2 is 1.77 bits per heavy atom. The highest BCUT2D eigenvalue weighted by molar-refractivity contribution is 5.95. The molecule has 1 aromatic heterocycles. The van der Waals surface area contributed by atoms with Gasteiger partial charge in [-0.25, -0.2) is 4.68 Å². The zero-order chi connectivity index (χ0) is 18.7. The largest absolute Gasteiger partial charge is 0.378 e. The van der Waals surface area contributed by atoms with Crippen molar-refractivity contribution in [3.63, 3.8) is 0 Å². The third-order valence-electron chi connectivity index (χ3n) is 4.32. The number of nitrogens with one attached hydrogen (secondary N) is 1. The Hall–Kier alpha value is -2.74. The van der Waals surface area contributed by atoms with Gasteiger partial charge in [0.15, 0.2) is 5.69 Å². The highest BCUT2D eigenvalue weighted by Gasteiger charge is 2.21. The quantitative estimate of drug-likeness (QED) is 0.873. The molecule has 0 aliphatic carbocycles. The summed E-state index contributed by atoms with van der Waals surface area (Å²) >= 11 is 0. The van der Waals surface area contributed by atoms with Crippen LogP contribution >= 0.6 is 0 Å². The summed E-state index contributed by atoms with van der Waals surface area (Å²) in [5.74, 6) is -0.527. The normalized spacial score (nSPS) is 14.3. The predicted octanol–water partition coefficient (Wildman–Crippen LogP) is 0.781. The number of aromatic nitrogens is 3. The molecule has 1 N–H and O–H groups in total. The van der Waals surface area contributed by atoms with Crippen LogP contribution < -0.4 is 5.32 Å². The Bertz CT molecular complexity index is 804. The van der Waals surface area contributed by atoms with Gasteiger partial charge in [-0.2, -0.15) is 0 Å². The average Bonchev–Trinajstić information content (AvgIpc) is 3.01. The molecule has 3 rings (SSSR count). The topological polar surface area (TPSA) is 89.3 Å². The van der Waals surface area contributed by atoms with E-state index < -0.39 is 5.91 Å². The van der Waals surface area contributed by atoms with E-state index in [0.29, 0.717) is 32.0 Å². The Balaban J connectivity index is 1.68. The van der Waals surface area contributed by atoms with Crippen LogP contribution in [0.15, 0.2) is 18.2 Å². The first-order valence-electron chi connectivity index (χ1n) is 8.60. The van der Waals surface area contributed by atoms with Crippen molar-refractivity contribution in [2.45, 2.75) is 20.8 Å². The maximum atomic E-state index is 12.4. The minimum absolute atomic E-state index is 0.0608. The molecule has 2 amide bonds. The number of amides is 2. The maximum absolute atomic E-state index is 12.4. The fourth-order valence-corrected chi connectivity index (χ4v) is 3.02. The summed E-state index contributed by atoms with van der Waals surface area (Å²) in [6.07, 6.45) is 0. The molecule has 26 heavy (non-hydrogen) atoms. The molecule has 0 radical (unpaired) electrons. The monoisotopic (exact) mass is 357 g/mol. The van der Waals surface area contributed by atoms with Gasteiger partial charge in [-0.15, -0.1) is 5.10 Å². The average molecular weight is 357 g/mol. The molecule has 8 nitrogen and oxygen atoms in total. The van der Waals surface area contributed by atoms with Gasteiger partial charge in [-0.05, 0) is 44.0 Å². The van der Waals surface area contributed by atoms with E-state index in [1.807, 2.05) is 26.0 Å². The van der Waals surface area contributed by atoms with Gasteiger partial charge < -0.3 is 15.0 Å². The second-order valence-corrected chi connectivity index (χ2v) is 6.46. The molecule has 1 aliphatic heterocycles. The Kier molecular flexibility index (Phi) is 5.32. The molecular weight excluding hydrogens is 334 g/mol. The number of hydrogen-bond donors (Lipinski definition) is 1. The minimum atomic E-state index is -0.403. The summed E-state index contributed by atoms with van der Waals surface area (Å²) in [6.45, 7) is 7.91. The Morgan fingerprint density at radius 3 is 2.42 bits per heavy atom. The third kappa shape index (κ3) is 3.91. The van der Waals surface area contributed by atoms with Crippen LogP contribution in [-0.4, -0.2) is 64.6 Å². The van der Waals surface area contributed by atoms with E-state index in [1.54, 1.807) is 16.5 Å². The number of benzene rings is 1. The smallest absolute Gasteiger partial charge is 0.274 e. The lowest BCUT2D eigenvalue weighted by Gasteiger charge is -2.26. The molecule has 1 saturated heterocycles. The summed E-state index contributed by atoms with van der Waals surface area (Å²) in [7, 11) is 0. The number of rotatable bonds is 4. The number of carbonyl (C=O) groups is 2. The highest BCUT2D eigenvalue weighted by atomic mass is 16.5. The molecule has 1 aliphatic rings. The summed E-state index contributed by atoms with van der Waals surface area (Å²) in [5.41, 5.74) is 3.93. The molecule has 0 bridgehead atoms. The molecule has 1 aromatic carbocycles. The van der Waals surface area contributed by atoms with Crippen LogP contribution in [-0.2, 0) is 9.53 Å². The van der Waals surface area contributed by atoms with Gasteiger partial charge in [0.05, 0.1) is 31.1 Å². The van der Waals surface area contributed by atoms with Gasteiger partial charge >= 0.3 is 0 Å². The van der Waals surface area contributed by atoms with Crippen molar-refractivity contribution in [1.29, 1.82) is 0 Å². The van der Waals surface area contributed by atoms with Crippen LogP contribution in [0.5, 0.6) is 0 Å². The number of ether oxygens (including phenoxy) is 1. The Morgan fingerprint density at radius 1 is 1.12 bits per heavy atom. The summed E-state index contributed by atoms with van der Waals surface area (Å²) in [5, 5.41) is 10.7. The first-order valence-corrected chi connectivity index (χ1v) is 8.60. The van der Waals surface area contributed by atoms with Crippen molar-refractivity contribution in [3.05, 3.63) is 40.7 Å². The molecule has 138 valence electrons. The van der Waals surface area contributed by atoms with Crippen LogP contribution in [0.2, 0.25) is 0 Å². The van der Waals surface area contributed by atoms with Gasteiger partial charge in [0.1, 0.15) is 0 Å². The molecule has 1 fully saturated rings. The van der Waals surface area contributed by atoms with Gasteiger partial charge in [0.25, 0.3) is 5.91 Å². The van der Waals surface area contributed by atoms with Crippen LogP contribution in [0.3, 0.4) is 0 Å². The molecule has 0 unspecified atom stereocenters. The van der Waals surface area contributed by atoms with E-state index in [1.165, 1.54) is 0 Å². The van der Waals surface area contributed by atoms with Gasteiger partial charge in [-0.3, -0.25) is 9.59 Å². The van der Waals surface area contributed by atoms with E-state index in [-0.39, 0.29) is 18.1 Å². The third-order valence-corrected chi connectivity index (χ3v) is 4.32. The van der Waals surface area contributed by atoms with Gasteiger partial charge in [-0.1, -0.05) is 11.3 Å². The number of carbonyl (C=O) groups excluding carboxylic acids is 2. The summed E-state index contributed by atoms with van der Waals surface area (Å²) in [6, 6.07) is 6.04. The SMILES string of the molecule is Cc1cc(C)cc(-n2nnc(C(=O)NCC(=O)N3CCOCC3)c2C)c1. The van der Waals surface area contributed by atoms with E-state index in [9.17, 15) is 9.59 Å². The predicted molar refractivity (Wildman–Crippen MR) is 95.3 cm³/mol. The standard InChI is InChI=1S/C18H23N5O3/c1-12-8-13(2)10-15(9-12)23-14(3)17(20-21-23)18(25)19-11-16(24)22-4-6-26-7-5-22/h8-10H,4-7,11H2,1-3H3,(H,19,25). The molecule has 2 heterocycles. The highest BCUT2D eigenvalue weighted by Crippen LogP contribution is 2.16. The van der Waals surface area contributed by atoms with E-state index >= 15 is 0 Å². The zero-order valence-electron chi connectivity index (χ0n) is 15.3. The zero-order valence-corrected chi connectivity index (χ0v) is 15.3. The van der Waals surface area contributed by atoms with Crippen molar-refractivity contribution in [3.8, 4) is 5.69 Å². The van der Waals surface area contributed by atoms with Crippen LogP contribution in [0.25, 0.3) is 5.69 Å². The summed E-state index contributed by atoms with van der Waals surface area (Å²) in [4.78, 5) is 26.2. The number of morpholine rings is 1. The molecule has 8 heteroatoms. The lowest BCUT2D eigenvalue weighted by atomic mass is 10.1. The number of aryl methyl sites for hydroxylation is 2. The van der Waals surface area contributed by atoms with Crippen molar-refractivity contribution in [1.82, 2.24) is 25.2 Å². The van der Waals surface area contributed by atoms with Gasteiger partial charge in [0.2, 0.25) is 5.91 Å². The van der Waals surface area contributed by atoms with E-state index in [2.05, 4.69) is 21.7 Å². The van der Waals surface area contributed by atoms with Crippen LogP contribution in [0.1, 0.15) is 27.3 Å². The van der Waals surface area contributed by atoms with Gasteiger partial charge in [0, 0.05) is 13.1 Å². The van der Waals surface area contributed by atoms with Crippen LogP contribution in [0, 0.1) is 20.8 Å². The lowest BCUT2D eigenvalue weighted by Crippen LogP contribution is -2.45. The molecule has 0 atom stereocenters. The van der Waals surface area contributed by atoms with Crippen molar-refractivity contribution < 1.29 is 14.3 Å². The minimum Gasteiger partial charge on any atom is -0.378 e. The second kappa shape index (κ2) is 7.65. The van der Waals surface area contributed by atoms with E-state index in [4.69, 9.17) is 4.74 Å². The van der Waals surface area contributed by atoms with Crippen molar-refractivity contribution in [2.75, 3.05) is 32.8 Å². The summed E-state index contributed by atoms with van der Waals surface area (Å²) < 4.78 is 6.86. The fraction of sp³-hybridized carbons (Fsp3) is 0.444. The first kappa shape index (κ1) is 18.1.